The van der Waals surface area contributed by atoms with Crippen LogP contribution in [0, 0.1) is 0 Å². The molecule has 0 aliphatic heterocycles. The van der Waals surface area contributed by atoms with Crippen molar-refractivity contribution in [2.75, 3.05) is 0 Å². The van der Waals surface area contributed by atoms with Gasteiger partial charge in [0.15, 0.2) is 0 Å². The summed E-state index contributed by atoms with van der Waals surface area (Å²) < 4.78 is 0. The summed E-state index contributed by atoms with van der Waals surface area (Å²) in [6.07, 6.45) is 0. The summed E-state index contributed by atoms with van der Waals surface area (Å²) in [4.78, 5) is 10.4. The van der Waals surface area contributed by atoms with Crippen LogP contribution in [0.1, 0.15) is 5.56 Å². The molecule has 0 radical (unpaired) electrons. The van der Waals surface area contributed by atoms with Gasteiger partial charge in [0, 0.05) is 5.57 Å². The first-order chi connectivity index (χ1) is 6.87. The molecule has 0 aliphatic carbocycles. The number of para-hydroxylation sites is 1. The summed E-state index contributed by atoms with van der Waals surface area (Å²) in [5.74, 6) is -5.09. The molecular weight excluding hydrogens is 207 g/mol. The van der Waals surface area contributed by atoms with E-state index >= 15 is 0 Å². The van der Waals surface area contributed by atoms with E-state index in [9.17, 15) is 25.2 Å². The van der Waals surface area contributed by atoms with Crippen molar-refractivity contribution in [2.24, 2.45) is 0 Å². The maximum Gasteiger partial charge on any atom is 1.00 e. The van der Waals surface area contributed by atoms with Crippen LogP contribution in [0.25, 0.3) is 0 Å². The second kappa shape index (κ2) is 5.19. The summed E-state index contributed by atoms with van der Waals surface area (Å²) in [5.41, 5.74) is -1.30. The third kappa shape index (κ3) is 2.65. The fourth-order valence-electron chi connectivity index (χ4n) is 1.07. The Morgan fingerprint density at radius 1 is 1.31 bits per heavy atom. The number of hydrogen-bond acceptors (Lipinski definition) is 5. The van der Waals surface area contributed by atoms with E-state index in [0.717, 1.165) is 0 Å². The van der Waals surface area contributed by atoms with E-state index in [1.165, 1.54) is 24.3 Å². The Kier molecular flexibility index (Phi) is 4.78. The maximum atomic E-state index is 10.4. The standard InChI is InChI=1S/C10H10O5.Li/c1-6(9(12)13)10(14,15)7-4-2-3-5-8(7)11;/h2-5,11,14-15H,1H2,(H,12,13);/q;+1/p-1. The van der Waals surface area contributed by atoms with Gasteiger partial charge in [0.1, 0.15) is 5.75 Å². The van der Waals surface area contributed by atoms with E-state index in [-0.39, 0.29) is 24.4 Å². The molecule has 0 unspecified atom stereocenters. The molecule has 0 heterocycles. The molecule has 0 atom stereocenters. The van der Waals surface area contributed by atoms with Gasteiger partial charge in [-0.1, -0.05) is 18.7 Å². The van der Waals surface area contributed by atoms with Crippen LogP contribution in [0.15, 0.2) is 36.4 Å². The first-order valence-corrected chi connectivity index (χ1v) is 4.01. The molecule has 3 N–H and O–H groups in total. The number of phenols is 1. The van der Waals surface area contributed by atoms with Crippen molar-refractivity contribution in [3.8, 4) is 5.75 Å². The van der Waals surface area contributed by atoms with Crippen LogP contribution in [-0.2, 0) is 10.6 Å². The molecule has 5 nitrogen and oxygen atoms in total. The molecule has 6 heteroatoms. The van der Waals surface area contributed by atoms with E-state index < -0.39 is 23.1 Å². The number of phenolic OH excluding ortho intramolecular Hbond substituents is 1. The molecule has 0 bridgehead atoms. The van der Waals surface area contributed by atoms with E-state index in [4.69, 9.17) is 0 Å². The van der Waals surface area contributed by atoms with Gasteiger partial charge in [-0.25, -0.2) is 0 Å². The van der Waals surface area contributed by atoms with Crippen molar-refractivity contribution in [2.45, 2.75) is 5.79 Å². The number of carbonyl (C=O) groups is 1. The SMILES string of the molecule is C=C(C(=O)[O-])C(O)(O)c1ccccc1O.[Li+]. The van der Waals surface area contributed by atoms with Crippen molar-refractivity contribution in [3.05, 3.63) is 42.0 Å². The normalized spacial score (nSPS) is 10.4. The van der Waals surface area contributed by atoms with Gasteiger partial charge in [-0.05, 0) is 12.1 Å². The van der Waals surface area contributed by atoms with Crippen LogP contribution in [0.4, 0.5) is 0 Å². The van der Waals surface area contributed by atoms with Gasteiger partial charge < -0.3 is 25.2 Å². The van der Waals surface area contributed by atoms with Gasteiger partial charge in [-0.2, -0.15) is 0 Å². The van der Waals surface area contributed by atoms with Gasteiger partial charge in [0.2, 0.25) is 5.79 Å². The molecule has 0 amide bonds. The number of carboxylic acid groups (broad SMARTS) is 1. The number of carbonyl (C=O) groups excluding carboxylic acids is 1. The second-order valence-corrected chi connectivity index (χ2v) is 2.96. The number of carboxylic acids is 1. The number of rotatable bonds is 3. The molecule has 1 rings (SSSR count). The summed E-state index contributed by atoms with van der Waals surface area (Å²) >= 11 is 0. The average Bonchev–Trinajstić information content (AvgIpc) is 2.16. The molecule has 0 saturated carbocycles. The molecule has 16 heavy (non-hydrogen) atoms. The van der Waals surface area contributed by atoms with E-state index in [1.54, 1.807) is 0 Å². The number of benzene rings is 1. The van der Waals surface area contributed by atoms with E-state index in [1.807, 2.05) is 0 Å². The average molecular weight is 216 g/mol. The minimum absolute atomic E-state index is 0. The zero-order chi connectivity index (χ0) is 11.6. The molecule has 80 valence electrons. The minimum Gasteiger partial charge on any atom is -0.545 e. The van der Waals surface area contributed by atoms with Gasteiger partial charge >= 0.3 is 18.9 Å². The number of aliphatic carboxylic acids is 1. The van der Waals surface area contributed by atoms with Crippen LogP contribution in [0.5, 0.6) is 5.75 Å². The topological polar surface area (TPSA) is 101 Å². The molecule has 0 aliphatic rings. The Labute approximate surface area is 104 Å². The zero-order valence-corrected chi connectivity index (χ0v) is 8.67. The molecule has 1 aromatic carbocycles. The Hall–Kier alpha value is -1.25. The van der Waals surface area contributed by atoms with Gasteiger partial charge in [-0.15, -0.1) is 0 Å². The number of aromatic hydroxyl groups is 1. The van der Waals surface area contributed by atoms with Gasteiger partial charge in [0.25, 0.3) is 0 Å². The molecule has 0 fully saturated rings. The summed E-state index contributed by atoms with van der Waals surface area (Å²) in [7, 11) is 0. The van der Waals surface area contributed by atoms with Crippen LogP contribution in [0.3, 0.4) is 0 Å². The first-order valence-electron chi connectivity index (χ1n) is 4.01. The third-order valence-corrected chi connectivity index (χ3v) is 1.95. The van der Waals surface area contributed by atoms with E-state index in [2.05, 4.69) is 6.58 Å². The molecular formula is C10H9LiO5. The van der Waals surface area contributed by atoms with E-state index in [0.29, 0.717) is 0 Å². The summed E-state index contributed by atoms with van der Waals surface area (Å²) in [6, 6.07) is 5.23. The minimum atomic E-state index is -2.84. The van der Waals surface area contributed by atoms with Crippen molar-refractivity contribution in [1.82, 2.24) is 0 Å². The molecule has 1 aromatic rings. The van der Waals surface area contributed by atoms with Crippen molar-refractivity contribution >= 4 is 5.97 Å². The summed E-state index contributed by atoms with van der Waals surface area (Å²) in [6.45, 7) is 2.97. The van der Waals surface area contributed by atoms with Crippen molar-refractivity contribution in [1.29, 1.82) is 0 Å². The number of aliphatic hydroxyl groups is 2. The van der Waals surface area contributed by atoms with Gasteiger partial charge in [0.05, 0.1) is 11.5 Å². The Morgan fingerprint density at radius 3 is 2.25 bits per heavy atom. The molecule has 0 spiro atoms. The van der Waals surface area contributed by atoms with Crippen LogP contribution in [-0.4, -0.2) is 21.3 Å². The number of hydrogen-bond donors (Lipinski definition) is 3. The van der Waals surface area contributed by atoms with Crippen molar-refractivity contribution < 1.29 is 44.1 Å². The van der Waals surface area contributed by atoms with Crippen LogP contribution < -0.4 is 24.0 Å². The predicted molar refractivity (Wildman–Crippen MR) is 48.4 cm³/mol. The zero-order valence-electron chi connectivity index (χ0n) is 8.67. The second-order valence-electron chi connectivity index (χ2n) is 2.96. The van der Waals surface area contributed by atoms with Crippen LogP contribution in [0.2, 0.25) is 0 Å². The van der Waals surface area contributed by atoms with Crippen molar-refractivity contribution in [3.63, 3.8) is 0 Å². The fraction of sp³-hybridized carbons (Fsp3) is 0.100. The Balaban J connectivity index is 0.00000225. The van der Waals surface area contributed by atoms with Gasteiger partial charge in [-0.3, -0.25) is 0 Å². The third-order valence-electron chi connectivity index (χ3n) is 1.95. The maximum absolute atomic E-state index is 10.4. The monoisotopic (exact) mass is 216 g/mol. The summed E-state index contributed by atoms with van der Waals surface area (Å²) in [5, 5.41) is 38.7. The molecule has 0 saturated heterocycles. The first kappa shape index (κ1) is 14.7. The quantitative estimate of drug-likeness (QED) is 0.270. The Morgan fingerprint density at radius 2 is 1.81 bits per heavy atom. The van der Waals surface area contributed by atoms with Crippen LogP contribution >= 0.6 is 0 Å². The largest absolute Gasteiger partial charge is 1.00 e. The fourth-order valence-corrected chi connectivity index (χ4v) is 1.07. The Bertz CT molecular complexity index is 413. The smallest absolute Gasteiger partial charge is 0.545 e. The molecule has 0 aromatic heterocycles. The predicted octanol–water partition coefficient (Wildman–Crippen LogP) is -4.16.